The molecule has 0 bridgehead atoms. The van der Waals surface area contributed by atoms with E-state index in [2.05, 4.69) is 57.5 Å². The molecule has 0 fully saturated rings. The summed E-state index contributed by atoms with van der Waals surface area (Å²) in [6.45, 7) is 12.8. The minimum absolute atomic E-state index is 0.00142. The zero-order valence-electron chi connectivity index (χ0n) is 23.0. The summed E-state index contributed by atoms with van der Waals surface area (Å²) in [5, 5.41) is 11.9. The molecule has 1 aliphatic rings. The summed E-state index contributed by atoms with van der Waals surface area (Å²) >= 11 is 3.45. The van der Waals surface area contributed by atoms with Crippen molar-refractivity contribution in [2.24, 2.45) is 0 Å². The number of carbonyl (C=O) groups excluding carboxylic acids is 2. The number of amides is 1. The molecule has 0 aliphatic carbocycles. The number of benzene rings is 3. The fraction of sp³-hybridized carbons (Fsp3) is 0.273. The average Bonchev–Trinajstić information content (AvgIpc) is 3.41. The third-order valence-corrected chi connectivity index (χ3v) is 7.75. The van der Waals surface area contributed by atoms with E-state index in [9.17, 15) is 14.7 Å². The molecule has 5 rings (SSSR count). The van der Waals surface area contributed by atoms with Crippen LogP contribution in [0.5, 0.6) is 0 Å². The van der Waals surface area contributed by atoms with Gasteiger partial charge >= 0.3 is 0 Å². The fourth-order valence-corrected chi connectivity index (χ4v) is 5.34. The number of ketones is 1. The lowest BCUT2D eigenvalue weighted by atomic mass is 9.85. The maximum Gasteiger partial charge on any atom is 0.294 e. The molecule has 0 spiro atoms. The van der Waals surface area contributed by atoms with Crippen molar-refractivity contribution in [2.75, 3.05) is 4.90 Å². The van der Waals surface area contributed by atoms with Gasteiger partial charge in [0.25, 0.3) is 5.91 Å². The molecule has 1 amide bonds. The average molecular weight is 587 g/mol. The Morgan fingerprint density at radius 2 is 1.41 bits per heavy atom. The monoisotopic (exact) mass is 585 g/mol. The van der Waals surface area contributed by atoms with E-state index in [4.69, 9.17) is 4.42 Å². The van der Waals surface area contributed by atoms with Crippen molar-refractivity contribution < 1.29 is 19.1 Å². The highest BCUT2D eigenvalue weighted by molar-refractivity contribution is 9.10. The molecule has 1 aliphatic heterocycles. The predicted molar refractivity (Wildman–Crippen MR) is 158 cm³/mol. The number of rotatable bonds is 4. The van der Waals surface area contributed by atoms with Gasteiger partial charge in [-0.1, -0.05) is 93.9 Å². The van der Waals surface area contributed by atoms with Gasteiger partial charge in [-0.2, -0.15) is 0 Å². The summed E-state index contributed by atoms with van der Waals surface area (Å²) in [6, 6.07) is 21.9. The lowest BCUT2D eigenvalue weighted by Gasteiger charge is -2.28. The van der Waals surface area contributed by atoms with Gasteiger partial charge in [0.15, 0.2) is 11.5 Å². The summed E-state index contributed by atoms with van der Waals surface area (Å²) in [7, 11) is 0. The van der Waals surface area contributed by atoms with Crippen molar-refractivity contribution in [1.82, 2.24) is 0 Å². The topological polar surface area (TPSA) is 70.7 Å². The molecule has 1 N–H and O–H groups in total. The third kappa shape index (κ3) is 4.94. The molecular formula is C33H32BrNO4. The molecule has 4 aromatic rings. The number of fused-ring (bicyclic) bond motifs is 1. The Morgan fingerprint density at radius 3 is 1.97 bits per heavy atom. The summed E-state index contributed by atoms with van der Waals surface area (Å²) in [5.74, 6) is -1.64. The van der Waals surface area contributed by atoms with Gasteiger partial charge in [0.1, 0.15) is 5.58 Å². The van der Waals surface area contributed by atoms with E-state index in [0.29, 0.717) is 11.3 Å². The summed E-state index contributed by atoms with van der Waals surface area (Å²) < 4.78 is 6.73. The van der Waals surface area contributed by atoms with Crippen LogP contribution in [-0.4, -0.2) is 16.8 Å². The second kappa shape index (κ2) is 9.53. The first-order valence-electron chi connectivity index (χ1n) is 13.0. The van der Waals surface area contributed by atoms with E-state index in [1.54, 1.807) is 12.1 Å². The fourth-order valence-electron chi connectivity index (χ4n) is 4.97. The van der Waals surface area contributed by atoms with Gasteiger partial charge in [-0.15, -0.1) is 0 Å². The van der Waals surface area contributed by atoms with E-state index >= 15 is 0 Å². The van der Waals surface area contributed by atoms with E-state index in [1.165, 1.54) is 4.90 Å². The highest BCUT2D eigenvalue weighted by Crippen LogP contribution is 2.43. The number of hydrogen-bond acceptors (Lipinski definition) is 4. The van der Waals surface area contributed by atoms with Crippen LogP contribution in [0.4, 0.5) is 5.69 Å². The Hall–Kier alpha value is -3.64. The second-order valence-electron chi connectivity index (χ2n) is 12.1. The number of halogens is 1. The number of aliphatic hydroxyl groups excluding tert-OH is 1. The number of furan rings is 1. The highest BCUT2D eigenvalue weighted by atomic mass is 79.9. The van der Waals surface area contributed by atoms with Gasteiger partial charge in [-0.3, -0.25) is 14.5 Å². The van der Waals surface area contributed by atoms with Crippen molar-refractivity contribution in [3.05, 3.63) is 111 Å². The molecule has 0 radical (unpaired) electrons. The van der Waals surface area contributed by atoms with Crippen LogP contribution in [0.1, 0.15) is 74.8 Å². The molecule has 1 unspecified atom stereocenters. The summed E-state index contributed by atoms with van der Waals surface area (Å²) in [4.78, 5) is 29.0. The van der Waals surface area contributed by atoms with Crippen molar-refractivity contribution in [3.63, 3.8) is 0 Å². The molecule has 39 heavy (non-hydrogen) atoms. The minimum atomic E-state index is -0.820. The van der Waals surface area contributed by atoms with Crippen LogP contribution in [0.25, 0.3) is 11.0 Å². The van der Waals surface area contributed by atoms with Crippen LogP contribution in [0.2, 0.25) is 0 Å². The largest absolute Gasteiger partial charge is 0.503 e. The number of Topliss-reactive ketones (excluding diaryl/α,β-unsaturated/α-hetero) is 1. The Kier molecular flexibility index (Phi) is 6.58. The number of hydrogen-bond donors (Lipinski definition) is 1. The standard InChI is InChI=1S/C33H32BrNO4/c1-32(2,3)21-9-7-19(8-10-21)28-27(29(36)26-18-20-17-23(34)13-16-25(20)39-26)30(37)31(38)35(28)24-14-11-22(12-15-24)33(4,5)6/h7-18,28,37H,1-6H3. The maximum atomic E-state index is 13.9. The number of aliphatic hydroxyl groups is 1. The molecule has 0 saturated carbocycles. The Labute approximate surface area is 237 Å². The van der Waals surface area contributed by atoms with E-state index in [1.807, 2.05) is 60.7 Å². The smallest absolute Gasteiger partial charge is 0.294 e. The van der Waals surface area contributed by atoms with Gasteiger partial charge < -0.3 is 9.52 Å². The van der Waals surface area contributed by atoms with Gasteiger partial charge in [0.2, 0.25) is 5.78 Å². The molecule has 1 atom stereocenters. The van der Waals surface area contributed by atoms with Crippen molar-refractivity contribution in [3.8, 4) is 0 Å². The van der Waals surface area contributed by atoms with Gasteiger partial charge in [-0.25, -0.2) is 0 Å². The molecule has 2 heterocycles. The zero-order valence-corrected chi connectivity index (χ0v) is 24.6. The first-order valence-corrected chi connectivity index (χ1v) is 13.8. The van der Waals surface area contributed by atoms with Gasteiger partial charge in [0, 0.05) is 15.5 Å². The normalized spacial score (nSPS) is 16.4. The van der Waals surface area contributed by atoms with Crippen molar-refractivity contribution >= 4 is 44.3 Å². The predicted octanol–water partition coefficient (Wildman–Crippen LogP) is 8.57. The van der Waals surface area contributed by atoms with Crippen LogP contribution in [-0.2, 0) is 15.6 Å². The zero-order chi connectivity index (χ0) is 28.3. The van der Waals surface area contributed by atoms with Crippen LogP contribution >= 0.6 is 15.9 Å². The van der Waals surface area contributed by atoms with Gasteiger partial charge in [-0.05, 0) is 63.9 Å². The lowest BCUT2D eigenvalue weighted by molar-refractivity contribution is -0.117. The van der Waals surface area contributed by atoms with E-state index < -0.39 is 23.5 Å². The molecule has 5 nitrogen and oxygen atoms in total. The van der Waals surface area contributed by atoms with Crippen LogP contribution < -0.4 is 4.90 Å². The van der Waals surface area contributed by atoms with Crippen LogP contribution in [0.15, 0.2) is 93.0 Å². The van der Waals surface area contributed by atoms with E-state index in [0.717, 1.165) is 26.5 Å². The van der Waals surface area contributed by atoms with Crippen LogP contribution in [0, 0.1) is 0 Å². The van der Waals surface area contributed by atoms with E-state index in [-0.39, 0.29) is 22.2 Å². The number of nitrogens with zero attached hydrogens (tertiary/aromatic N) is 1. The SMILES string of the molecule is CC(C)(C)c1ccc(C2C(C(=O)c3cc4cc(Br)ccc4o3)=C(O)C(=O)N2c2ccc(C(C)(C)C)cc2)cc1. The lowest BCUT2D eigenvalue weighted by Crippen LogP contribution is -2.31. The number of carbonyl (C=O) groups is 2. The Morgan fingerprint density at radius 1 is 0.846 bits per heavy atom. The quantitative estimate of drug-likeness (QED) is 0.243. The third-order valence-electron chi connectivity index (χ3n) is 7.26. The Balaban J connectivity index is 1.63. The van der Waals surface area contributed by atoms with Crippen molar-refractivity contribution in [2.45, 2.75) is 58.4 Å². The Bertz CT molecular complexity index is 1610. The molecule has 1 aromatic heterocycles. The second-order valence-corrected chi connectivity index (χ2v) is 13.0. The van der Waals surface area contributed by atoms with Gasteiger partial charge in [0.05, 0.1) is 11.6 Å². The molecular weight excluding hydrogens is 554 g/mol. The van der Waals surface area contributed by atoms with Crippen molar-refractivity contribution in [1.29, 1.82) is 0 Å². The highest BCUT2D eigenvalue weighted by Gasteiger charge is 2.45. The molecule has 6 heteroatoms. The maximum absolute atomic E-state index is 13.9. The molecule has 200 valence electrons. The minimum Gasteiger partial charge on any atom is -0.503 e. The molecule has 0 saturated heterocycles. The summed E-state index contributed by atoms with van der Waals surface area (Å²) in [5.41, 5.74) is 3.99. The first kappa shape index (κ1) is 26.9. The first-order chi connectivity index (χ1) is 18.3. The van der Waals surface area contributed by atoms with Crippen LogP contribution in [0.3, 0.4) is 0 Å². The molecule has 3 aromatic carbocycles. The number of anilines is 1. The summed E-state index contributed by atoms with van der Waals surface area (Å²) in [6.07, 6.45) is 0.